The molecule has 3 N–H and O–H groups in total. The maximum atomic E-state index is 13.7. The Kier molecular flexibility index (Phi) is 5.23. The van der Waals surface area contributed by atoms with Crippen LogP contribution in [0.25, 0.3) is 11.0 Å². The lowest BCUT2D eigenvalue weighted by Crippen LogP contribution is -2.63. The highest BCUT2D eigenvalue weighted by Gasteiger charge is 2.52. The van der Waals surface area contributed by atoms with Crippen LogP contribution in [0.3, 0.4) is 0 Å². The first-order valence-electron chi connectivity index (χ1n) is 11.3. The number of amides is 2. The Morgan fingerprint density at radius 2 is 1.97 bits per heavy atom. The predicted molar refractivity (Wildman–Crippen MR) is 123 cm³/mol. The highest BCUT2D eigenvalue weighted by atomic mass is 19.1. The number of carbonyl (C=O) groups excluding carboxylic acids is 1. The van der Waals surface area contributed by atoms with Crippen LogP contribution in [0.15, 0.2) is 35.0 Å². The van der Waals surface area contributed by atoms with E-state index in [0.717, 1.165) is 18.4 Å². The van der Waals surface area contributed by atoms with Crippen LogP contribution in [0.1, 0.15) is 44.1 Å². The number of furan rings is 1. The zero-order valence-electron chi connectivity index (χ0n) is 18.9. The number of anilines is 2. The van der Waals surface area contributed by atoms with E-state index in [9.17, 15) is 14.3 Å². The van der Waals surface area contributed by atoms with E-state index >= 15 is 0 Å². The van der Waals surface area contributed by atoms with Crippen LogP contribution in [0.4, 0.5) is 20.8 Å². The number of nitrogens with zero attached hydrogens (tertiary/aromatic N) is 3. The number of benzene rings is 1. The zero-order valence-corrected chi connectivity index (χ0v) is 18.9. The number of halogens is 1. The normalized spacial score (nSPS) is 18.3. The largest absolute Gasteiger partial charge is 0.459 e. The van der Waals surface area contributed by atoms with Gasteiger partial charge in [0.25, 0.3) is 0 Å². The van der Waals surface area contributed by atoms with Gasteiger partial charge in [0.05, 0.1) is 37.2 Å². The first kappa shape index (κ1) is 21.6. The minimum Gasteiger partial charge on any atom is -0.459 e. The van der Waals surface area contributed by atoms with Gasteiger partial charge in [-0.2, -0.15) is 0 Å². The summed E-state index contributed by atoms with van der Waals surface area (Å²) in [6.45, 7) is 6.91. The molecular weight excluding hydrogens is 425 g/mol. The second-order valence-corrected chi connectivity index (χ2v) is 9.56. The van der Waals surface area contributed by atoms with Gasteiger partial charge in [-0.05, 0) is 49.8 Å². The maximum absolute atomic E-state index is 13.7. The second-order valence-electron chi connectivity index (χ2n) is 9.56. The van der Waals surface area contributed by atoms with Gasteiger partial charge in [-0.1, -0.05) is 13.8 Å². The third kappa shape index (κ3) is 4.13. The van der Waals surface area contributed by atoms with Crippen LogP contribution in [0, 0.1) is 24.6 Å². The number of nitrogens with one attached hydrogen (secondary N) is 2. The molecule has 2 fully saturated rings. The molecule has 1 atom stereocenters. The molecule has 33 heavy (non-hydrogen) atoms. The molecule has 5 rings (SSSR count). The summed E-state index contributed by atoms with van der Waals surface area (Å²) >= 11 is 0. The van der Waals surface area contributed by atoms with Crippen molar-refractivity contribution in [3.05, 3.63) is 47.7 Å². The fourth-order valence-corrected chi connectivity index (χ4v) is 4.54. The van der Waals surface area contributed by atoms with Gasteiger partial charge in [-0.15, -0.1) is 0 Å². The number of aliphatic hydroxyl groups is 1. The number of carbonyl (C=O) groups is 1. The van der Waals surface area contributed by atoms with E-state index in [4.69, 9.17) is 4.42 Å². The van der Waals surface area contributed by atoms with Gasteiger partial charge in [-0.3, -0.25) is 0 Å². The molecule has 1 saturated carbocycles. The van der Waals surface area contributed by atoms with Crippen molar-refractivity contribution in [2.45, 2.75) is 45.3 Å². The maximum Gasteiger partial charge on any atom is 0.319 e. The van der Waals surface area contributed by atoms with Crippen LogP contribution in [0.5, 0.6) is 0 Å². The van der Waals surface area contributed by atoms with E-state index < -0.39 is 17.7 Å². The lowest BCUT2D eigenvalue weighted by Gasteiger charge is -2.46. The molecule has 1 saturated heterocycles. The molecular formula is C24H28FN5O3. The van der Waals surface area contributed by atoms with Gasteiger partial charge in [0.15, 0.2) is 0 Å². The number of aromatic nitrogens is 2. The van der Waals surface area contributed by atoms with Crippen LogP contribution < -0.4 is 15.5 Å². The average Bonchev–Trinajstić information content (AvgIpc) is 3.56. The Morgan fingerprint density at radius 3 is 2.61 bits per heavy atom. The number of β-amino-alcohol motifs (C(OH)–C–C–N with tert-alkyl or cyclic N) is 1. The first-order chi connectivity index (χ1) is 15.7. The number of aryl methyl sites for hydroxylation is 1. The lowest BCUT2D eigenvalue weighted by molar-refractivity contribution is -0.0102. The summed E-state index contributed by atoms with van der Waals surface area (Å²) in [5, 5.41) is 16.9. The second kappa shape index (κ2) is 7.98. The third-order valence-corrected chi connectivity index (χ3v) is 6.62. The van der Waals surface area contributed by atoms with Gasteiger partial charge >= 0.3 is 6.03 Å². The fourth-order valence-electron chi connectivity index (χ4n) is 4.54. The Balaban J connectivity index is 1.24. The summed E-state index contributed by atoms with van der Waals surface area (Å²) in [5.74, 6) is 1.25. The van der Waals surface area contributed by atoms with Crippen molar-refractivity contribution in [2.75, 3.05) is 23.3 Å². The smallest absolute Gasteiger partial charge is 0.319 e. The van der Waals surface area contributed by atoms with Gasteiger partial charge in [-0.25, -0.2) is 19.2 Å². The predicted octanol–water partition coefficient (Wildman–Crippen LogP) is 4.15. The van der Waals surface area contributed by atoms with E-state index in [1.165, 1.54) is 12.1 Å². The zero-order chi connectivity index (χ0) is 23.3. The Morgan fingerprint density at radius 1 is 1.27 bits per heavy atom. The van der Waals surface area contributed by atoms with E-state index in [2.05, 4.69) is 20.6 Å². The summed E-state index contributed by atoms with van der Waals surface area (Å²) in [4.78, 5) is 23.3. The highest BCUT2D eigenvalue weighted by Crippen LogP contribution is 2.45. The number of urea groups is 1. The molecule has 1 unspecified atom stereocenters. The first-order valence-corrected chi connectivity index (χ1v) is 11.3. The fraction of sp³-hybridized carbons (Fsp3) is 0.458. The summed E-state index contributed by atoms with van der Waals surface area (Å²) in [5.41, 5.74) is 1.24. The number of rotatable bonds is 6. The van der Waals surface area contributed by atoms with Crippen molar-refractivity contribution >= 4 is 28.6 Å². The summed E-state index contributed by atoms with van der Waals surface area (Å²) in [6.07, 6.45) is 5.28. The van der Waals surface area contributed by atoms with Crippen LogP contribution in [0.2, 0.25) is 0 Å². The summed E-state index contributed by atoms with van der Waals surface area (Å²) in [7, 11) is 0. The molecule has 174 valence electrons. The standard InChI is InChI=1S/C24H28FN5O3/c1-13(2)20(21-14(3)18-8-16(25)6-7-19(18)33-21)29-23(31)28-17-9-26-22(27-10-17)30-11-24(32,12-30)15-4-5-15/h6-10,13,15,20,32H,4-5,11-12H2,1-3H3,(H2,28,29,31). The molecule has 8 nitrogen and oxygen atoms in total. The molecule has 9 heteroatoms. The molecule has 1 aliphatic heterocycles. The van der Waals surface area contributed by atoms with Crippen molar-refractivity contribution in [1.29, 1.82) is 0 Å². The molecule has 2 amide bonds. The molecule has 0 bridgehead atoms. The van der Waals surface area contributed by atoms with Crippen molar-refractivity contribution < 1.29 is 18.7 Å². The molecule has 3 heterocycles. The quantitative estimate of drug-likeness (QED) is 0.518. The van der Waals surface area contributed by atoms with Gasteiger partial charge in [0.1, 0.15) is 22.8 Å². The van der Waals surface area contributed by atoms with Crippen LogP contribution in [-0.2, 0) is 0 Å². The van der Waals surface area contributed by atoms with E-state index in [1.807, 2.05) is 25.7 Å². The topological polar surface area (TPSA) is 104 Å². The SMILES string of the molecule is Cc1c(C(NC(=O)Nc2cnc(N3CC(O)(C4CC4)C3)nc2)C(C)C)oc2ccc(F)cc12. The Labute approximate surface area is 191 Å². The van der Waals surface area contributed by atoms with Crippen molar-refractivity contribution in [1.82, 2.24) is 15.3 Å². The summed E-state index contributed by atoms with van der Waals surface area (Å²) < 4.78 is 19.6. The monoisotopic (exact) mass is 453 g/mol. The van der Waals surface area contributed by atoms with E-state index in [0.29, 0.717) is 47.4 Å². The van der Waals surface area contributed by atoms with Crippen molar-refractivity contribution in [3.63, 3.8) is 0 Å². The van der Waals surface area contributed by atoms with Crippen LogP contribution >= 0.6 is 0 Å². The molecule has 0 spiro atoms. The minimum atomic E-state index is -0.605. The minimum absolute atomic E-state index is 0.0371. The lowest BCUT2D eigenvalue weighted by atomic mass is 9.89. The van der Waals surface area contributed by atoms with Crippen LogP contribution in [-0.4, -0.2) is 39.8 Å². The Hall–Kier alpha value is -3.20. The molecule has 2 aromatic heterocycles. The van der Waals surface area contributed by atoms with E-state index in [1.54, 1.807) is 18.5 Å². The number of hydrogen-bond acceptors (Lipinski definition) is 6. The number of fused-ring (bicyclic) bond motifs is 1. The van der Waals surface area contributed by atoms with Crippen molar-refractivity contribution in [2.24, 2.45) is 11.8 Å². The average molecular weight is 454 g/mol. The van der Waals surface area contributed by atoms with Gasteiger partial charge in [0.2, 0.25) is 5.95 Å². The molecule has 1 aromatic carbocycles. The molecule has 2 aliphatic rings. The molecule has 0 radical (unpaired) electrons. The summed E-state index contributed by atoms with van der Waals surface area (Å²) in [6, 6.07) is 3.58. The van der Waals surface area contributed by atoms with Gasteiger partial charge in [0, 0.05) is 10.9 Å². The van der Waals surface area contributed by atoms with Gasteiger partial charge < -0.3 is 25.1 Å². The highest BCUT2D eigenvalue weighted by molar-refractivity contribution is 5.89. The van der Waals surface area contributed by atoms with Crippen molar-refractivity contribution in [3.8, 4) is 0 Å². The number of hydrogen-bond donors (Lipinski definition) is 3. The molecule has 1 aliphatic carbocycles. The third-order valence-electron chi connectivity index (χ3n) is 6.62. The Bertz CT molecular complexity index is 1180. The molecule has 3 aromatic rings. The van der Waals surface area contributed by atoms with E-state index in [-0.39, 0.29) is 11.7 Å².